The van der Waals surface area contributed by atoms with Crippen LogP contribution in [0.4, 0.5) is 11.4 Å². The van der Waals surface area contributed by atoms with Crippen LogP contribution in [0, 0.1) is 11.8 Å². The topological polar surface area (TPSA) is 85.4 Å². The Morgan fingerprint density at radius 1 is 0.895 bits per heavy atom. The van der Waals surface area contributed by atoms with E-state index in [9.17, 15) is 14.4 Å². The molecule has 2 fully saturated rings. The van der Waals surface area contributed by atoms with Crippen LogP contribution >= 0.6 is 0 Å². The molecule has 0 aliphatic carbocycles. The third-order valence-electron chi connectivity index (χ3n) is 7.84. The van der Waals surface area contributed by atoms with Crippen LogP contribution in [0.1, 0.15) is 15.9 Å². The van der Waals surface area contributed by atoms with Gasteiger partial charge < -0.3 is 19.1 Å². The number of ether oxygens (including phenoxy) is 3. The molecular formula is C30H24N2O6. The first kappa shape index (κ1) is 22.6. The fraction of sp³-hybridized carbons (Fsp3) is 0.233. The van der Waals surface area contributed by atoms with Gasteiger partial charge in [-0.3, -0.25) is 14.4 Å². The van der Waals surface area contributed by atoms with Crippen LogP contribution < -0.4 is 24.0 Å². The monoisotopic (exact) mass is 508 g/mol. The molecule has 2 saturated heterocycles. The maximum absolute atomic E-state index is 14.1. The van der Waals surface area contributed by atoms with Crippen molar-refractivity contribution in [2.75, 3.05) is 30.1 Å². The summed E-state index contributed by atoms with van der Waals surface area (Å²) >= 11 is 0. The quantitative estimate of drug-likeness (QED) is 0.392. The van der Waals surface area contributed by atoms with Gasteiger partial charge in [0.25, 0.3) is 0 Å². The van der Waals surface area contributed by atoms with Gasteiger partial charge in [0, 0.05) is 17.3 Å². The molecule has 8 heteroatoms. The second kappa shape index (κ2) is 8.48. The first-order valence-corrected chi connectivity index (χ1v) is 12.6. The van der Waals surface area contributed by atoms with E-state index in [0.717, 1.165) is 11.3 Å². The summed E-state index contributed by atoms with van der Waals surface area (Å²) in [6.07, 6.45) is 3.91. The third kappa shape index (κ3) is 3.19. The highest BCUT2D eigenvalue weighted by Gasteiger charge is 2.64. The van der Waals surface area contributed by atoms with E-state index in [1.807, 2.05) is 41.3 Å². The summed E-state index contributed by atoms with van der Waals surface area (Å²) in [4.78, 5) is 45.3. The molecule has 0 spiro atoms. The maximum atomic E-state index is 14.1. The molecule has 3 aromatic rings. The summed E-state index contributed by atoms with van der Waals surface area (Å²) in [5.74, 6) is -0.759. The second-order valence-corrected chi connectivity index (χ2v) is 9.74. The van der Waals surface area contributed by atoms with Crippen LogP contribution in [0.25, 0.3) is 6.08 Å². The van der Waals surface area contributed by atoms with Crippen molar-refractivity contribution in [1.82, 2.24) is 0 Å². The summed E-state index contributed by atoms with van der Waals surface area (Å²) in [5, 5.41) is 0. The van der Waals surface area contributed by atoms with Gasteiger partial charge in [-0.15, -0.1) is 0 Å². The second-order valence-electron chi connectivity index (χ2n) is 9.74. The molecule has 0 bridgehead atoms. The van der Waals surface area contributed by atoms with Crippen molar-refractivity contribution in [1.29, 1.82) is 0 Å². The Labute approximate surface area is 219 Å². The lowest BCUT2D eigenvalue weighted by molar-refractivity contribution is -0.122. The summed E-state index contributed by atoms with van der Waals surface area (Å²) in [5.41, 5.74) is 2.66. The number of hydrogen-bond donors (Lipinski definition) is 0. The zero-order valence-electron chi connectivity index (χ0n) is 20.6. The molecule has 190 valence electrons. The number of methoxy groups -OCH3 is 1. The van der Waals surface area contributed by atoms with Gasteiger partial charge in [0.1, 0.15) is 25.0 Å². The molecule has 0 N–H and O–H groups in total. The van der Waals surface area contributed by atoms with Gasteiger partial charge in [0.15, 0.2) is 17.3 Å². The van der Waals surface area contributed by atoms with E-state index in [2.05, 4.69) is 0 Å². The minimum absolute atomic E-state index is 0.208. The molecule has 4 unspecified atom stereocenters. The van der Waals surface area contributed by atoms with Gasteiger partial charge in [-0.2, -0.15) is 0 Å². The number of imide groups is 1. The van der Waals surface area contributed by atoms with Crippen molar-refractivity contribution in [3.63, 3.8) is 0 Å². The Bertz CT molecular complexity index is 1510. The van der Waals surface area contributed by atoms with Crippen molar-refractivity contribution in [3.8, 4) is 17.2 Å². The van der Waals surface area contributed by atoms with E-state index in [1.165, 1.54) is 4.90 Å². The zero-order valence-corrected chi connectivity index (χ0v) is 20.6. The van der Waals surface area contributed by atoms with Crippen LogP contribution in [0.5, 0.6) is 17.2 Å². The molecule has 2 amide bonds. The van der Waals surface area contributed by atoms with E-state index in [0.29, 0.717) is 41.7 Å². The number of carbonyl (C=O) groups excluding carboxylic acids is 3. The number of para-hydroxylation sites is 1. The molecule has 4 heterocycles. The van der Waals surface area contributed by atoms with Gasteiger partial charge in [-0.05, 0) is 48.0 Å². The molecule has 3 aromatic carbocycles. The number of rotatable bonds is 4. The fourth-order valence-corrected chi connectivity index (χ4v) is 6.17. The molecule has 0 saturated carbocycles. The van der Waals surface area contributed by atoms with Crippen LogP contribution in [0.15, 0.2) is 72.8 Å². The Balaban J connectivity index is 1.33. The Kier molecular flexibility index (Phi) is 5.04. The minimum atomic E-state index is -0.844. The van der Waals surface area contributed by atoms with Crippen molar-refractivity contribution < 1.29 is 28.6 Å². The number of benzene rings is 3. The van der Waals surface area contributed by atoms with Crippen LogP contribution in [-0.4, -0.2) is 50.0 Å². The molecular weight excluding hydrogens is 484 g/mol. The number of nitrogens with zero attached hydrogens (tertiary/aromatic N) is 2. The van der Waals surface area contributed by atoms with Gasteiger partial charge in [0.05, 0.1) is 30.7 Å². The van der Waals surface area contributed by atoms with Crippen molar-refractivity contribution >= 4 is 35.0 Å². The predicted molar refractivity (Wildman–Crippen MR) is 140 cm³/mol. The summed E-state index contributed by atoms with van der Waals surface area (Å²) < 4.78 is 16.6. The van der Waals surface area contributed by atoms with E-state index >= 15 is 0 Å². The van der Waals surface area contributed by atoms with Crippen molar-refractivity contribution in [3.05, 3.63) is 83.9 Å². The number of hydrogen-bond acceptors (Lipinski definition) is 7. The summed E-state index contributed by atoms with van der Waals surface area (Å²) in [6.45, 7) is 0.835. The number of anilines is 2. The number of ketones is 1. The van der Waals surface area contributed by atoms with Crippen molar-refractivity contribution in [2.45, 2.75) is 12.1 Å². The molecule has 8 nitrogen and oxygen atoms in total. The van der Waals surface area contributed by atoms with Crippen molar-refractivity contribution in [2.24, 2.45) is 11.8 Å². The summed E-state index contributed by atoms with van der Waals surface area (Å²) in [7, 11) is 1.56. The molecule has 0 aromatic heterocycles. The van der Waals surface area contributed by atoms with Crippen LogP contribution in [-0.2, 0) is 9.59 Å². The predicted octanol–water partition coefficient (Wildman–Crippen LogP) is 3.74. The zero-order chi connectivity index (χ0) is 26.0. The smallest absolute Gasteiger partial charge is 0.240 e. The first-order valence-electron chi connectivity index (χ1n) is 12.6. The van der Waals surface area contributed by atoms with E-state index in [1.54, 1.807) is 49.6 Å². The minimum Gasteiger partial charge on any atom is -0.497 e. The lowest BCUT2D eigenvalue weighted by Crippen LogP contribution is -2.48. The molecule has 0 radical (unpaired) electrons. The summed E-state index contributed by atoms with van der Waals surface area (Å²) in [6, 6.07) is 18.4. The largest absolute Gasteiger partial charge is 0.497 e. The highest BCUT2D eigenvalue weighted by Crippen LogP contribution is 2.50. The molecule has 4 aliphatic heterocycles. The fourth-order valence-electron chi connectivity index (χ4n) is 6.17. The van der Waals surface area contributed by atoms with Gasteiger partial charge in [-0.25, -0.2) is 4.90 Å². The molecule has 38 heavy (non-hydrogen) atoms. The molecule has 4 atom stereocenters. The highest BCUT2D eigenvalue weighted by atomic mass is 16.6. The average molecular weight is 509 g/mol. The van der Waals surface area contributed by atoms with Gasteiger partial charge in [0.2, 0.25) is 11.8 Å². The van der Waals surface area contributed by atoms with Gasteiger partial charge >= 0.3 is 0 Å². The first-order chi connectivity index (χ1) is 18.6. The van der Waals surface area contributed by atoms with Crippen LogP contribution in [0.3, 0.4) is 0 Å². The highest BCUT2D eigenvalue weighted by molar-refractivity contribution is 6.25. The lowest BCUT2D eigenvalue weighted by Gasteiger charge is -2.36. The average Bonchev–Trinajstić information content (AvgIpc) is 3.44. The molecule has 7 rings (SSSR count). The Morgan fingerprint density at radius 3 is 2.42 bits per heavy atom. The molecule has 4 aliphatic rings. The van der Waals surface area contributed by atoms with E-state index in [-0.39, 0.29) is 17.6 Å². The standard InChI is InChI=1S/C30H24N2O6/c1-36-20-10-6-18(7-11-20)28(33)27-26-25(22-12-8-17-4-2-3-5-21(17)32(22)27)29(34)31(30(26)35)19-9-13-23-24(16-19)38-15-14-37-23/h2-13,16,22,25-27H,14-15H2,1H3. The number of carbonyl (C=O) groups is 3. The van der Waals surface area contributed by atoms with E-state index in [4.69, 9.17) is 14.2 Å². The SMILES string of the molecule is COc1ccc(C(=O)C2C3C(=O)N(c4ccc5c(c4)OCCO5)C(=O)C3C3C=Cc4ccccc4N32)cc1. The number of Topliss-reactive ketones (excluding diaryl/α,β-unsaturated/α-hetero) is 1. The lowest BCUT2D eigenvalue weighted by atomic mass is 9.86. The maximum Gasteiger partial charge on any atom is 0.240 e. The number of amides is 2. The Morgan fingerprint density at radius 2 is 1.63 bits per heavy atom. The third-order valence-corrected chi connectivity index (χ3v) is 7.84. The number of fused-ring (bicyclic) bond motifs is 6. The Hall–Kier alpha value is -4.59. The van der Waals surface area contributed by atoms with E-state index < -0.39 is 23.9 Å². The normalized spacial score (nSPS) is 24.7. The van der Waals surface area contributed by atoms with Gasteiger partial charge in [-0.1, -0.05) is 30.4 Å². The van der Waals surface area contributed by atoms with Crippen LogP contribution in [0.2, 0.25) is 0 Å².